The number of imidazole rings is 1. The summed E-state index contributed by atoms with van der Waals surface area (Å²) in [5.74, 6) is 0.250. The Bertz CT molecular complexity index is 1230. The summed E-state index contributed by atoms with van der Waals surface area (Å²) in [6.07, 6.45) is 0.491. The molecular formula is C20H19F3N6OS. The predicted octanol–water partition coefficient (Wildman–Crippen LogP) is 4.63. The Labute approximate surface area is 179 Å². The van der Waals surface area contributed by atoms with E-state index in [1.165, 1.54) is 22.3 Å². The Morgan fingerprint density at radius 3 is 2.81 bits per heavy atom. The smallest absolute Gasteiger partial charge is 0.319 e. The normalized spacial score (nSPS) is 12.0. The summed E-state index contributed by atoms with van der Waals surface area (Å²) >= 11 is 1.18. The molecule has 0 aliphatic carbocycles. The van der Waals surface area contributed by atoms with Crippen molar-refractivity contribution in [3.8, 4) is 0 Å². The van der Waals surface area contributed by atoms with E-state index in [4.69, 9.17) is 0 Å². The van der Waals surface area contributed by atoms with Crippen LogP contribution in [0.2, 0.25) is 0 Å². The first-order valence-corrected chi connectivity index (χ1v) is 10.6. The minimum Gasteiger partial charge on any atom is -0.319 e. The van der Waals surface area contributed by atoms with Crippen molar-refractivity contribution in [2.45, 2.75) is 37.6 Å². The highest BCUT2D eigenvalue weighted by atomic mass is 32.2. The summed E-state index contributed by atoms with van der Waals surface area (Å²) in [6, 6.07) is 6.91. The number of fused-ring (bicyclic) bond motifs is 2. The van der Waals surface area contributed by atoms with E-state index in [-0.39, 0.29) is 17.2 Å². The molecule has 31 heavy (non-hydrogen) atoms. The van der Waals surface area contributed by atoms with Gasteiger partial charge in [0, 0.05) is 18.8 Å². The van der Waals surface area contributed by atoms with Gasteiger partial charge in [0.15, 0.2) is 10.8 Å². The van der Waals surface area contributed by atoms with Crippen LogP contribution in [0.5, 0.6) is 0 Å². The lowest BCUT2D eigenvalue weighted by Gasteiger charge is -2.10. The number of unbranched alkanes of at least 4 members (excludes halogenated alkanes) is 1. The molecule has 0 fully saturated rings. The molecule has 0 unspecified atom stereocenters. The summed E-state index contributed by atoms with van der Waals surface area (Å²) in [7, 11) is 0. The van der Waals surface area contributed by atoms with Gasteiger partial charge in [-0.2, -0.15) is 22.8 Å². The maximum atomic E-state index is 13.1. The molecule has 4 aromatic rings. The van der Waals surface area contributed by atoms with E-state index in [0.29, 0.717) is 28.7 Å². The number of anilines is 1. The van der Waals surface area contributed by atoms with Crippen LogP contribution < -0.4 is 5.32 Å². The summed E-state index contributed by atoms with van der Waals surface area (Å²) in [5.41, 5.74) is 0.751. The molecule has 0 aliphatic heterocycles. The highest BCUT2D eigenvalue weighted by Crippen LogP contribution is 2.33. The topological polar surface area (TPSA) is 77.1 Å². The van der Waals surface area contributed by atoms with E-state index in [9.17, 15) is 18.0 Å². The lowest BCUT2D eigenvalue weighted by atomic mass is 10.2. The monoisotopic (exact) mass is 448 g/mol. The second-order valence-electron chi connectivity index (χ2n) is 6.87. The lowest BCUT2D eigenvalue weighted by molar-refractivity contribution is -0.137. The van der Waals surface area contributed by atoms with E-state index in [2.05, 4.69) is 20.4 Å². The zero-order valence-electron chi connectivity index (χ0n) is 16.6. The fourth-order valence-corrected chi connectivity index (χ4v) is 4.01. The van der Waals surface area contributed by atoms with Crippen LogP contribution in [-0.2, 0) is 17.5 Å². The minimum atomic E-state index is -4.43. The average molecular weight is 448 g/mol. The Morgan fingerprint density at radius 1 is 1.19 bits per heavy atom. The van der Waals surface area contributed by atoms with Crippen molar-refractivity contribution in [3.05, 3.63) is 48.3 Å². The molecule has 3 aromatic heterocycles. The number of rotatable bonds is 7. The van der Waals surface area contributed by atoms with Crippen LogP contribution in [0.1, 0.15) is 25.3 Å². The number of alkyl halides is 3. The highest BCUT2D eigenvalue weighted by molar-refractivity contribution is 7.99. The van der Waals surface area contributed by atoms with Crippen molar-refractivity contribution in [3.63, 3.8) is 0 Å². The first-order chi connectivity index (χ1) is 14.9. The molecule has 1 aromatic carbocycles. The number of aryl methyl sites for hydroxylation is 1. The quantitative estimate of drug-likeness (QED) is 0.417. The molecule has 0 saturated heterocycles. The van der Waals surface area contributed by atoms with Crippen molar-refractivity contribution in [1.82, 2.24) is 24.1 Å². The van der Waals surface area contributed by atoms with Crippen LogP contribution in [0.25, 0.3) is 16.7 Å². The molecule has 0 radical (unpaired) electrons. The van der Waals surface area contributed by atoms with Gasteiger partial charge in [-0.3, -0.25) is 4.79 Å². The number of thioether (sulfide) groups is 1. The highest BCUT2D eigenvalue weighted by Gasteiger charge is 2.31. The van der Waals surface area contributed by atoms with E-state index < -0.39 is 11.7 Å². The molecule has 4 rings (SSSR count). The third-order valence-corrected chi connectivity index (χ3v) is 5.64. The zero-order valence-corrected chi connectivity index (χ0v) is 17.4. The van der Waals surface area contributed by atoms with Gasteiger partial charge in [-0.25, -0.2) is 9.97 Å². The summed E-state index contributed by atoms with van der Waals surface area (Å²) in [4.78, 5) is 21.0. The molecule has 7 nitrogen and oxygen atoms in total. The van der Waals surface area contributed by atoms with Gasteiger partial charge in [0.1, 0.15) is 5.82 Å². The number of nitrogens with one attached hydrogen (secondary N) is 1. The predicted molar refractivity (Wildman–Crippen MR) is 112 cm³/mol. The number of halogens is 3. The maximum Gasteiger partial charge on any atom is 0.416 e. The Kier molecular flexibility index (Phi) is 5.86. The molecule has 0 spiro atoms. The van der Waals surface area contributed by atoms with Gasteiger partial charge in [-0.1, -0.05) is 25.1 Å². The molecule has 3 heterocycles. The van der Waals surface area contributed by atoms with Crippen LogP contribution in [0, 0.1) is 0 Å². The lowest BCUT2D eigenvalue weighted by Crippen LogP contribution is -2.17. The zero-order chi connectivity index (χ0) is 22.0. The molecule has 162 valence electrons. The number of carbonyl (C=O) groups excluding carboxylic acids is 1. The standard InChI is InChI=1S/C20H19F3N6OS/c1-2-3-10-28-15-5-4-13(20(21,22)23)11-14(15)26-19(28)31-12-18(30)27-17-6-8-24-16-7-9-25-29(16)17/h4-9,11H,2-3,10,12H2,1H3,(H,27,30). The molecule has 11 heteroatoms. The second kappa shape index (κ2) is 8.58. The summed E-state index contributed by atoms with van der Waals surface area (Å²) in [5, 5.41) is 7.41. The van der Waals surface area contributed by atoms with Gasteiger partial charge in [0.05, 0.1) is 28.5 Å². The fraction of sp³-hybridized carbons (Fsp3) is 0.300. The van der Waals surface area contributed by atoms with Gasteiger partial charge in [0.25, 0.3) is 0 Å². The Hall–Kier alpha value is -3.08. The van der Waals surface area contributed by atoms with Crippen molar-refractivity contribution in [1.29, 1.82) is 0 Å². The summed E-state index contributed by atoms with van der Waals surface area (Å²) < 4.78 is 42.6. The summed E-state index contributed by atoms with van der Waals surface area (Å²) in [6.45, 7) is 2.65. The first kappa shape index (κ1) is 21.2. The molecule has 1 amide bonds. The number of hydrogen-bond acceptors (Lipinski definition) is 5. The van der Waals surface area contributed by atoms with Gasteiger partial charge in [-0.05, 0) is 30.7 Å². The second-order valence-corrected chi connectivity index (χ2v) is 7.81. The molecule has 1 N–H and O–H groups in total. The SMILES string of the molecule is CCCCn1c(SCC(=O)Nc2ccnc3ccnn23)nc2cc(C(F)(F)F)ccc21. The number of hydrogen-bond donors (Lipinski definition) is 1. The van der Waals surface area contributed by atoms with E-state index in [1.54, 1.807) is 24.5 Å². The van der Waals surface area contributed by atoms with Crippen LogP contribution in [0.4, 0.5) is 19.0 Å². The largest absolute Gasteiger partial charge is 0.416 e. The van der Waals surface area contributed by atoms with Crippen molar-refractivity contribution < 1.29 is 18.0 Å². The van der Waals surface area contributed by atoms with Crippen LogP contribution in [0.3, 0.4) is 0 Å². The van der Waals surface area contributed by atoms with Crippen molar-refractivity contribution in [2.75, 3.05) is 11.1 Å². The molecule has 0 atom stereocenters. The molecular weight excluding hydrogens is 429 g/mol. The van der Waals surface area contributed by atoms with E-state index in [1.807, 2.05) is 11.5 Å². The number of benzene rings is 1. The van der Waals surface area contributed by atoms with Crippen LogP contribution in [0.15, 0.2) is 47.9 Å². The van der Waals surface area contributed by atoms with Crippen molar-refractivity contribution in [2.24, 2.45) is 0 Å². The molecule has 0 bridgehead atoms. The third-order valence-electron chi connectivity index (χ3n) is 4.67. The molecule has 0 aliphatic rings. The number of carbonyl (C=O) groups is 1. The van der Waals surface area contributed by atoms with E-state index >= 15 is 0 Å². The Balaban J connectivity index is 1.55. The van der Waals surface area contributed by atoms with Gasteiger partial charge < -0.3 is 9.88 Å². The maximum absolute atomic E-state index is 13.1. The first-order valence-electron chi connectivity index (χ1n) is 9.65. The molecule has 0 saturated carbocycles. The van der Waals surface area contributed by atoms with Crippen LogP contribution >= 0.6 is 11.8 Å². The van der Waals surface area contributed by atoms with E-state index in [0.717, 1.165) is 25.0 Å². The van der Waals surface area contributed by atoms with Crippen molar-refractivity contribution >= 4 is 40.2 Å². The number of aromatic nitrogens is 5. The van der Waals surface area contributed by atoms with Gasteiger partial charge in [-0.15, -0.1) is 0 Å². The number of nitrogens with zero attached hydrogens (tertiary/aromatic N) is 5. The third kappa shape index (κ3) is 4.50. The Morgan fingerprint density at radius 2 is 2.03 bits per heavy atom. The number of amides is 1. The average Bonchev–Trinajstić information content (AvgIpc) is 3.34. The van der Waals surface area contributed by atoms with Gasteiger partial charge >= 0.3 is 6.18 Å². The van der Waals surface area contributed by atoms with Crippen LogP contribution in [-0.4, -0.2) is 35.8 Å². The fourth-order valence-electron chi connectivity index (χ4n) is 3.16. The van der Waals surface area contributed by atoms with Gasteiger partial charge in [0.2, 0.25) is 5.91 Å². The minimum absolute atomic E-state index is 0.0483.